The lowest BCUT2D eigenvalue weighted by Gasteiger charge is -2.12. The summed E-state index contributed by atoms with van der Waals surface area (Å²) in [5.74, 6) is 0.474. The molecule has 0 saturated heterocycles. The molecule has 9 nitrogen and oxygen atoms in total. The first-order chi connectivity index (χ1) is 13.6. The standard InChI is InChI=1S/C18H16N8OS/c1-21-28(27)15-5-11(8-19)4-13(6-15)24-17-7-16(23-12-2-3-12)18-22-10-14(9-20)26(18)25-17/h4-7,10,12,21,23H,2-3H2,1H3,(H,24,25). The minimum absolute atomic E-state index is 0.320. The molecule has 0 spiro atoms. The number of rotatable bonds is 6. The van der Waals surface area contributed by atoms with Crippen molar-refractivity contribution in [3.8, 4) is 12.1 Å². The van der Waals surface area contributed by atoms with Crippen molar-refractivity contribution in [2.24, 2.45) is 0 Å². The monoisotopic (exact) mass is 392 g/mol. The maximum atomic E-state index is 12.1. The van der Waals surface area contributed by atoms with E-state index in [1.807, 2.05) is 6.07 Å². The van der Waals surface area contributed by atoms with Gasteiger partial charge in [0.05, 0.1) is 28.4 Å². The number of nitriles is 2. The molecule has 10 heteroatoms. The summed E-state index contributed by atoms with van der Waals surface area (Å²) >= 11 is 0. The summed E-state index contributed by atoms with van der Waals surface area (Å²) in [6.07, 6.45) is 3.66. The Morgan fingerprint density at radius 1 is 1.21 bits per heavy atom. The normalized spacial score (nSPS) is 14.2. The van der Waals surface area contributed by atoms with Crippen LogP contribution in [-0.2, 0) is 11.0 Å². The van der Waals surface area contributed by atoms with Crippen LogP contribution in [0.3, 0.4) is 0 Å². The topological polar surface area (TPSA) is 131 Å². The van der Waals surface area contributed by atoms with E-state index in [0.29, 0.717) is 39.3 Å². The fourth-order valence-electron chi connectivity index (χ4n) is 2.77. The number of fused-ring (bicyclic) bond motifs is 1. The predicted octanol–water partition coefficient (Wildman–Crippen LogP) is 2.03. The van der Waals surface area contributed by atoms with Gasteiger partial charge in [0.1, 0.15) is 17.1 Å². The van der Waals surface area contributed by atoms with Gasteiger partial charge in [0.2, 0.25) is 0 Å². The first kappa shape index (κ1) is 17.9. The van der Waals surface area contributed by atoms with Crippen molar-refractivity contribution < 1.29 is 4.21 Å². The highest BCUT2D eigenvalue weighted by atomic mass is 32.2. The van der Waals surface area contributed by atoms with E-state index in [-0.39, 0.29) is 0 Å². The van der Waals surface area contributed by atoms with E-state index < -0.39 is 11.0 Å². The lowest BCUT2D eigenvalue weighted by atomic mass is 10.2. The number of nitrogens with one attached hydrogen (secondary N) is 3. The summed E-state index contributed by atoms with van der Waals surface area (Å²) in [6, 6.07) is 11.3. The van der Waals surface area contributed by atoms with Crippen LogP contribution in [0.4, 0.5) is 17.2 Å². The van der Waals surface area contributed by atoms with Crippen molar-refractivity contribution in [2.75, 3.05) is 17.7 Å². The van der Waals surface area contributed by atoms with Gasteiger partial charge in [-0.05, 0) is 38.1 Å². The second-order valence-electron chi connectivity index (χ2n) is 6.31. The van der Waals surface area contributed by atoms with E-state index in [1.165, 1.54) is 10.7 Å². The molecule has 0 amide bonds. The quantitative estimate of drug-likeness (QED) is 0.585. The van der Waals surface area contributed by atoms with E-state index in [9.17, 15) is 14.7 Å². The summed E-state index contributed by atoms with van der Waals surface area (Å²) in [6.45, 7) is 0. The molecular formula is C18H16N8OS. The number of hydrogen-bond acceptors (Lipinski definition) is 7. The zero-order valence-corrected chi connectivity index (χ0v) is 15.7. The summed E-state index contributed by atoms with van der Waals surface area (Å²) in [4.78, 5) is 4.76. The van der Waals surface area contributed by atoms with Gasteiger partial charge in [0, 0.05) is 17.8 Å². The molecule has 140 valence electrons. The van der Waals surface area contributed by atoms with Gasteiger partial charge in [-0.25, -0.2) is 13.9 Å². The Bertz CT molecular complexity index is 1170. The van der Waals surface area contributed by atoms with Crippen molar-refractivity contribution >= 4 is 33.8 Å². The Morgan fingerprint density at radius 3 is 2.71 bits per heavy atom. The number of benzene rings is 1. The van der Waals surface area contributed by atoms with Gasteiger partial charge < -0.3 is 10.6 Å². The van der Waals surface area contributed by atoms with Crippen LogP contribution in [0.5, 0.6) is 0 Å². The zero-order chi connectivity index (χ0) is 19.7. The molecule has 3 N–H and O–H groups in total. The van der Waals surface area contributed by atoms with E-state index in [0.717, 1.165) is 18.5 Å². The molecule has 28 heavy (non-hydrogen) atoms. The minimum Gasteiger partial charge on any atom is -0.379 e. The molecular weight excluding hydrogens is 376 g/mol. The third-order valence-corrected chi connectivity index (χ3v) is 5.26. The first-order valence-electron chi connectivity index (χ1n) is 8.58. The molecule has 1 saturated carbocycles. The highest BCUT2D eigenvalue weighted by Crippen LogP contribution is 2.29. The number of aromatic nitrogens is 3. The Balaban J connectivity index is 1.76. The zero-order valence-electron chi connectivity index (χ0n) is 14.9. The van der Waals surface area contributed by atoms with Crippen molar-refractivity contribution in [2.45, 2.75) is 23.8 Å². The van der Waals surface area contributed by atoms with Crippen LogP contribution >= 0.6 is 0 Å². The summed E-state index contributed by atoms with van der Waals surface area (Å²) in [5.41, 5.74) is 2.62. The largest absolute Gasteiger partial charge is 0.379 e. The van der Waals surface area contributed by atoms with E-state index in [2.05, 4.69) is 37.6 Å². The van der Waals surface area contributed by atoms with Crippen LogP contribution in [0.15, 0.2) is 35.4 Å². The third kappa shape index (κ3) is 3.51. The molecule has 1 fully saturated rings. The molecule has 0 radical (unpaired) electrons. The molecule has 4 rings (SSSR count). The molecule has 2 heterocycles. The van der Waals surface area contributed by atoms with Crippen LogP contribution in [-0.4, -0.2) is 31.9 Å². The van der Waals surface area contributed by atoms with Crippen LogP contribution in [0.1, 0.15) is 24.1 Å². The maximum absolute atomic E-state index is 12.1. The molecule has 1 unspecified atom stereocenters. The smallest absolute Gasteiger partial charge is 0.178 e. The Morgan fingerprint density at radius 2 is 2.04 bits per heavy atom. The van der Waals surface area contributed by atoms with Gasteiger partial charge in [0.25, 0.3) is 0 Å². The Kier molecular flexibility index (Phi) is 4.65. The fraction of sp³-hybridized carbons (Fsp3) is 0.222. The lowest BCUT2D eigenvalue weighted by Crippen LogP contribution is -2.11. The van der Waals surface area contributed by atoms with Crippen LogP contribution in [0, 0.1) is 22.7 Å². The summed E-state index contributed by atoms with van der Waals surface area (Å²) < 4.78 is 16.2. The van der Waals surface area contributed by atoms with Crippen molar-refractivity contribution in [3.63, 3.8) is 0 Å². The van der Waals surface area contributed by atoms with Crippen molar-refractivity contribution in [1.29, 1.82) is 10.5 Å². The van der Waals surface area contributed by atoms with E-state index in [1.54, 1.807) is 25.2 Å². The van der Waals surface area contributed by atoms with Crippen LogP contribution in [0.25, 0.3) is 5.65 Å². The molecule has 0 bridgehead atoms. The molecule has 2 aromatic heterocycles. The molecule has 1 aliphatic rings. The fourth-order valence-corrected chi connectivity index (χ4v) is 3.47. The van der Waals surface area contributed by atoms with E-state index in [4.69, 9.17) is 0 Å². The Labute approximate surface area is 163 Å². The highest BCUT2D eigenvalue weighted by molar-refractivity contribution is 7.83. The van der Waals surface area contributed by atoms with Crippen molar-refractivity contribution in [3.05, 3.63) is 41.7 Å². The van der Waals surface area contributed by atoms with Gasteiger partial charge in [-0.3, -0.25) is 0 Å². The number of imidazole rings is 1. The second kappa shape index (κ2) is 7.27. The van der Waals surface area contributed by atoms with E-state index >= 15 is 0 Å². The second-order valence-corrected chi connectivity index (χ2v) is 7.73. The first-order valence-corrected chi connectivity index (χ1v) is 9.73. The third-order valence-electron chi connectivity index (χ3n) is 4.23. The number of hydrogen-bond donors (Lipinski definition) is 3. The van der Waals surface area contributed by atoms with Crippen LogP contribution < -0.4 is 15.4 Å². The van der Waals surface area contributed by atoms with Gasteiger partial charge >= 0.3 is 0 Å². The molecule has 1 aromatic carbocycles. The average Bonchev–Trinajstić information content (AvgIpc) is 3.43. The van der Waals surface area contributed by atoms with Gasteiger partial charge in [-0.2, -0.15) is 15.0 Å². The highest BCUT2D eigenvalue weighted by Gasteiger charge is 2.23. The van der Waals surface area contributed by atoms with Crippen LogP contribution in [0.2, 0.25) is 0 Å². The average molecular weight is 392 g/mol. The molecule has 3 aromatic rings. The Hall–Kier alpha value is -3.47. The number of nitrogens with zero attached hydrogens (tertiary/aromatic N) is 5. The molecule has 1 aliphatic carbocycles. The minimum atomic E-state index is -1.43. The molecule has 0 aliphatic heterocycles. The van der Waals surface area contributed by atoms with Crippen molar-refractivity contribution in [1.82, 2.24) is 19.3 Å². The van der Waals surface area contributed by atoms with Gasteiger partial charge in [-0.1, -0.05) is 0 Å². The van der Waals surface area contributed by atoms with Gasteiger partial charge in [0.15, 0.2) is 17.2 Å². The lowest BCUT2D eigenvalue weighted by molar-refractivity contribution is 0.678. The number of anilines is 3. The van der Waals surface area contributed by atoms with Gasteiger partial charge in [-0.15, -0.1) is 5.10 Å². The summed E-state index contributed by atoms with van der Waals surface area (Å²) in [7, 11) is 0.152. The molecule has 1 atom stereocenters. The summed E-state index contributed by atoms with van der Waals surface area (Å²) in [5, 5.41) is 29.6. The SMILES string of the molecule is CNS(=O)c1cc(C#N)cc(Nc2cc(NC3CC3)c3ncc(C#N)n3n2)c1. The predicted molar refractivity (Wildman–Crippen MR) is 104 cm³/mol. The maximum Gasteiger partial charge on any atom is 0.178 e.